The van der Waals surface area contributed by atoms with Gasteiger partial charge in [-0.2, -0.15) is 0 Å². The number of benzene rings is 1. The number of aliphatic hydroxyl groups is 1. The van der Waals surface area contributed by atoms with Crippen molar-refractivity contribution in [1.82, 2.24) is 45.0 Å². The van der Waals surface area contributed by atoms with Crippen molar-refractivity contribution in [3.8, 4) is 0 Å². The number of rotatable bonds is 36. The summed E-state index contributed by atoms with van der Waals surface area (Å²) in [5.41, 5.74) is 1.47. The molecule has 1 aliphatic rings. The lowest BCUT2D eigenvalue weighted by Gasteiger charge is -2.30. The number of amides is 4. The first-order chi connectivity index (χ1) is 40.0. The zero-order valence-electron chi connectivity index (χ0n) is 47.3. The molecule has 21 nitrogen and oxygen atoms in total. The summed E-state index contributed by atoms with van der Waals surface area (Å²) in [4.78, 5) is 118. The molecule has 458 valence electrons. The highest BCUT2D eigenvalue weighted by atomic mass is 32.2. The number of piperidine rings is 1. The fourth-order valence-corrected chi connectivity index (χ4v) is 11.6. The molecule has 4 amide bonds. The van der Waals surface area contributed by atoms with E-state index in [2.05, 4.69) is 15.6 Å². The second-order valence-corrected chi connectivity index (χ2v) is 24.7. The van der Waals surface area contributed by atoms with Crippen molar-refractivity contribution in [2.75, 3.05) is 135 Å². The molecule has 1 saturated heterocycles. The average Bonchev–Trinajstić information content (AvgIpc) is 3.48. The van der Waals surface area contributed by atoms with Crippen LogP contribution in [0.2, 0.25) is 0 Å². The quantitative estimate of drug-likeness (QED) is 0.0375. The number of pyridine rings is 1. The van der Waals surface area contributed by atoms with Gasteiger partial charge >= 0.3 is 17.9 Å². The molecule has 83 heavy (non-hydrogen) atoms. The number of thiocarbonyl (C=S) groups is 4. The van der Waals surface area contributed by atoms with Gasteiger partial charge < -0.3 is 59.4 Å². The minimum absolute atomic E-state index is 0.00792. The van der Waals surface area contributed by atoms with Crippen LogP contribution in [-0.2, 0) is 65.5 Å². The molecule has 1 aliphatic heterocycles. The predicted molar refractivity (Wildman–Crippen MR) is 344 cm³/mol. The molecule has 0 atom stereocenters. The molecule has 1 fully saturated rings. The maximum absolute atomic E-state index is 13.5. The number of ketones is 1. The monoisotopic (exact) mass is 1300 g/mol. The van der Waals surface area contributed by atoms with Crippen molar-refractivity contribution in [1.29, 1.82) is 0 Å². The number of carbonyl (C=O) groups excluding carboxylic acids is 8. The highest BCUT2D eigenvalue weighted by molar-refractivity contribution is 8.24. The standard InChI is InChI=1S/C54H77N9O12S8/c1-4-7-19-56-44(66)34-61(52(77)80-37-47(69)58(5-2)6-3)24-28-73-50(72)40-83-54(79)63(36-46(68)59-21-14-9-15-22-59)26-30-75-49(71)39-82-53(78)62(35-45(67)57-32-41-16-10-8-11-17-41)25-29-74-48(70)38-81-51(76)60(23-27-64)33-43(65)31-42-18-12-13-20-55-42/h8,10-13,16-18,20,64H,4-7,9,14-15,19,21-40H2,1-3H3,(H,56,66)(H,57,67). The topological polar surface area (TPSA) is 241 Å². The molecule has 0 bridgehead atoms. The smallest absolute Gasteiger partial charge is 0.316 e. The normalized spacial score (nSPS) is 11.8. The first-order valence-corrected chi connectivity index (χ1v) is 32.8. The Kier molecular flexibility index (Phi) is 37.5. The van der Waals surface area contributed by atoms with Crippen molar-refractivity contribution in [2.24, 2.45) is 0 Å². The van der Waals surface area contributed by atoms with E-state index in [1.807, 2.05) is 51.1 Å². The van der Waals surface area contributed by atoms with Crippen molar-refractivity contribution in [2.45, 2.75) is 65.8 Å². The van der Waals surface area contributed by atoms with Crippen LogP contribution in [0.1, 0.15) is 64.1 Å². The Morgan fingerprint density at radius 3 is 1.55 bits per heavy atom. The minimum Gasteiger partial charge on any atom is -0.463 e. The van der Waals surface area contributed by atoms with Gasteiger partial charge in [0.2, 0.25) is 23.6 Å². The summed E-state index contributed by atoms with van der Waals surface area (Å²) >= 11 is 26.6. The van der Waals surface area contributed by atoms with Gasteiger partial charge in [0.15, 0.2) is 5.78 Å². The number of ether oxygens (including phenoxy) is 3. The molecule has 1 aromatic carbocycles. The summed E-state index contributed by atoms with van der Waals surface area (Å²) in [6, 6.07) is 14.5. The van der Waals surface area contributed by atoms with Crippen LogP contribution >= 0.6 is 95.9 Å². The van der Waals surface area contributed by atoms with Crippen molar-refractivity contribution in [3.63, 3.8) is 0 Å². The van der Waals surface area contributed by atoms with E-state index in [1.54, 1.807) is 44.0 Å². The fraction of sp³-hybridized carbons (Fsp3) is 0.574. The molecule has 3 rings (SSSR count). The third-order valence-corrected chi connectivity index (χ3v) is 18.0. The number of nitrogens with one attached hydrogen (secondary N) is 2. The van der Waals surface area contributed by atoms with Crippen LogP contribution in [0.5, 0.6) is 0 Å². The second kappa shape index (κ2) is 43.0. The van der Waals surface area contributed by atoms with Gasteiger partial charge in [-0.1, -0.05) is 146 Å². The Labute approximate surface area is 525 Å². The van der Waals surface area contributed by atoms with E-state index in [9.17, 15) is 43.5 Å². The molecule has 29 heteroatoms. The molecule has 0 aliphatic carbocycles. The Morgan fingerprint density at radius 1 is 0.590 bits per heavy atom. The van der Waals surface area contributed by atoms with Crippen molar-refractivity contribution in [3.05, 3.63) is 66.0 Å². The molecule has 3 N–H and O–H groups in total. The zero-order valence-corrected chi connectivity index (χ0v) is 53.9. The van der Waals surface area contributed by atoms with Gasteiger partial charge in [-0.25, -0.2) is 0 Å². The van der Waals surface area contributed by atoms with E-state index in [1.165, 1.54) is 9.80 Å². The number of unbranched alkanes of at least 4 members (excludes halogenated alkanes) is 1. The molecule has 2 heterocycles. The number of esters is 3. The summed E-state index contributed by atoms with van der Waals surface area (Å²) in [5.74, 6) is -3.49. The first-order valence-electron chi connectivity index (χ1n) is 27.3. The number of carbonyl (C=O) groups is 8. The first kappa shape index (κ1) is 72.5. The van der Waals surface area contributed by atoms with Crippen LogP contribution in [0.3, 0.4) is 0 Å². The lowest BCUT2D eigenvalue weighted by Crippen LogP contribution is -2.45. The average molecular weight is 1300 g/mol. The van der Waals surface area contributed by atoms with Gasteiger partial charge in [0, 0.05) is 57.7 Å². The molecular weight excluding hydrogens is 1220 g/mol. The zero-order chi connectivity index (χ0) is 60.8. The highest BCUT2D eigenvalue weighted by Gasteiger charge is 2.25. The Balaban J connectivity index is 1.57. The van der Waals surface area contributed by atoms with Crippen molar-refractivity contribution >= 4 is 161 Å². The lowest BCUT2D eigenvalue weighted by atomic mass is 10.1. The molecule has 0 saturated carbocycles. The van der Waals surface area contributed by atoms with E-state index in [0.717, 1.165) is 84.7 Å². The van der Waals surface area contributed by atoms with Crippen LogP contribution in [0.4, 0.5) is 0 Å². The van der Waals surface area contributed by atoms with Gasteiger partial charge in [0.05, 0.1) is 81.9 Å². The number of nitrogens with zero attached hydrogens (tertiary/aromatic N) is 7. The third kappa shape index (κ3) is 31.3. The summed E-state index contributed by atoms with van der Waals surface area (Å²) in [7, 11) is 0. The number of thioether (sulfide) groups is 4. The number of hydrogen-bond acceptors (Lipinski definition) is 21. The Morgan fingerprint density at radius 2 is 1.07 bits per heavy atom. The molecule has 0 unspecified atom stereocenters. The van der Waals surface area contributed by atoms with Gasteiger partial charge in [-0.3, -0.25) is 43.3 Å². The van der Waals surface area contributed by atoms with Gasteiger partial charge in [0.25, 0.3) is 0 Å². The van der Waals surface area contributed by atoms with E-state index in [-0.39, 0.29) is 157 Å². The highest BCUT2D eigenvalue weighted by Crippen LogP contribution is 2.17. The summed E-state index contributed by atoms with van der Waals surface area (Å²) in [6.07, 6.45) is 6.13. The van der Waals surface area contributed by atoms with Crippen LogP contribution in [-0.4, -0.2) is 239 Å². The predicted octanol–water partition coefficient (Wildman–Crippen LogP) is 4.21. The van der Waals surface area contributed by atoms with Crippen LogP contribution in [0, 0.1) is 0 Å². The molecular formula is C54H77N9O12S8. The Bertz CT molecular complexity index is 2430. The maximum atomic E-state index is 13.5. The third-order valence-electron chi connectivity index (χ3n) is 12.0. The van der Waals surface area contributed by atoms with Gasteiger partial charge in [-0.05, 0) is 57.2 Å². The fourth-order valence-electron chi connectivity index (χ4n) is 7.55. The van der Waals surface area contributed by atoms with Crippen LogP contribution in [0.25, 0.3) is 0 Å². The summed E-state index contributed by atoms with van der Waals surface area (Å²) in [6.45, 7) is 7.82. The van der Waals surface area contributed by atoms with Crippen LogP contribution < -0.4 is 10.6 Å². The van der Waals surface area contributed by atoms with Gasteiger partial charge in [-0.15, -0.1) is 0 Å². The summed E-state index contributed by atoms with van der Waals surface area (Å²) in [5, 5.41) is 15.3. The molecule has 0 spiro atoms. The minimum atomic E-state index is -0.649. The number of hydrogen-bond donors (Lipinski definition) is 3. The molecule has 2 aromatic rings. The van der Waals surface area contributed by atoms with E-state index in [0.29, 0.717) is 42.7 Å². The van der Waals surface area contributed by atoms with E-state index in [4.69, 9.17) is 63.1 Å². The maximum Gasteiger partial charge on any atom is 0.316 e. The van der Waals surface area contributed by atoms with E-state index < -0.39 is 17.9 Å². The number of aromatic nitrogens is 1. The number of Topliss-reactive ketones (excluding diaryl/α,β-unsaturated/α-hetero) is 1. The largest absolute Gasteiger partial charge is 0.463 e. The van der Waals surface area contributed by atoms with Crippen LogP contribution in [0.15, 0.2) is 54.7 Å². The SMILES string of the molecule is CCCCNC(=O)CN(CCOC(=O)CSC(=S)N(CCOC(=O)CSC(=S)N(CCOC(=O)CSC(=S)N(CCO)CC(=O)Cc1ccccn1)CC(=O)NCc1ccccc1)CC(=O)N1CCCCC1)C(=S)SCC(=O)N(CC)CC. The number of aliphatic hydroxyl groups excluding tert-OH is 1. The lowest BCUT2D eigenvalue weighted by molar-refractivity contribution is -0.141. The molecule has 1 aromatic heterocycles. The number of likely N-dealkylation sites (tertiary alicyclic amines) is 1. The second-order valence-electron chi connectivity index (χ2n) is 18.3. The van der Waals surface area contributed by atoms with Gasteiger partial charge in [0.1, 0.15) is 37.1 Å². The summed E-state index contributed by atoms with van der Waals surface area (Å²) < 4.78 is 17.5. The Hall–Kier alpha value is -4.75. The van der Waals surface area contributed by atoms with E-state index >= 15 is 0 Å². The molecule has 0 radical (unpaired) electrons. The van der Waals surface area contributed by atoms with Crippen molar-refractivity contribution < 1.29 is 57.7 Å².